The third kappa shape index (κ3) is 2.91. The quantitative estimate of drug-likeness (QED) is 0.255. The van der Waals surface area contributed by atoms with Crippen LogP contribution < -0.4 is 15.1 Å². The second kappa shape index (κ2) is 7.80. The van der Waals surface area contributed by atoms with Crippen molar-refractivity contribution in [2.24, 2.45) is 0 Å². The Kier molecular flexibility index (Phi) is 4.28. The van der Waals surface area contributed by atoms with E-state index in [1.807, 2.05) is 24.5 Å². The van der Waals surface area contributed by atoms with Gasteiger partial charge in [0, 0.05) is 29.0 Å². The van der Waals surface area contributed by atoms with Crippen LogP contribution in [0.3, 0.4) is 0 Å². The van der Waals surface area contributed by atoms with Gasteiger partial charge in [0.15, 0.2) is 0 Å². The van der Waals surface area contributed by atoms with Gasteiger partial charge in [-0.15, -0.1) is 0 Å². The van der Waals surface area contributed by atoms with E-state index >= 15 is 0 Å². The molecule has 2 aliphatic rings. The van der Waals surface area contributed by atoms with Crippen molar-refractivity contribution in [1.82, 2.24) is 9.97 Å². The number of nitrogens with zero attached hydrogens (tertiary/aromatic N) is 4. The predicted octanol–water partition coefficient (Wildman–Crippen LogP) is 6.96. The van der Waals surface area contributed by atoms with E-state index in [9.17, 15) is 0 Å². The van der Waals surface area contributed by atoms with Gasteiger partial charge >= 0.3 is 6.98 Å². The van der Waals surface area contributed by atoms with Crippen LogP contribution in [0, 0.1) is 0 Å². The summed E-state index contributed by atoms with van der Waals surface area (Å²) in [4.78, 5) is 14.4. The molecule has 0 saturated heterocycles. The Morgan fingerprint density at radius 1 is 0.514 bits per heavy atom. The first-order valence-corrected chi connectivity index (χ1v) is 12.5. The number of fused-ring (bicyclic) bond motifs is 9. The molecule has 4 nitrogen and oxygen atoms in total. The van der Waals surface area contributed by atoms with Crippen molar-refractivity contribution in [3.63, 3.8) is 0 Å². The molecule has 0 unspecified atom stereocenters. The number of hydrogen-bond acceptors (Lipinski definition) is 4. The normalized spacial score (nSPS) is 13.2. The molecule has 5 heteroatoms. The first-order valence-electron chi connectivity index (χ1n) is 12.5. The van der Waals surface area contributed by atoms with E-state index in [1.54, 1.807) is 0 Å². The van der Waals surface area contributed by atoms with Gasteiger partial charge in [-0.3, -0.25) is 4.98 Å². The van der Waals surface area contributed by atoms with Gasteiger partial charge in [0.1, 0.15) is 5.82 Å². The summed E-state index contributed by atoms with van der Waals surface area (Å²) in [6.45, 7) is -0.0644. The predicted molar refractivity (Wildman–Crippen MR) is 153 cm³/mol. The van der Waals surface area contributed by atoms with Gasteiger partial charge < -0.3 is 9.62 Å². The van der Waals surface area contributed by atoms with E-state index < -0.39 is 0 Å². The first kappa shape index (κ1) is 20.3. The molecule has 4 aromatic carbocycles. The van der Waals surface area contributed by atoms with Crippen LogP contribution in [0.25, 0.3) is 33.2 Å². The van der Waals surface area contributed by atoms with Crippen LogP contribution >= 0.6 is 0 Å². The number of rotatable bonds is 2. The molecule has 0 aliphatic carbocycles. The maximum atomic E-state index is 4.95. The summed E-state index contributed by atoms with van der Waals surface area (Å²) < 4.78 is 0. The third-order valence-electron chi connectivity index (χ3n) is 7.52. The van der Waals surface area contributed by atoms with E-state index in [4.69, 9.17) is 4.98 Å². The van der Waals surface area contributed by atoms with Gasteiger partial charge in [0.05, 0.1) is 16.9 Å². The molecule has 0 N–H and O–H groups in total. The zero-order valence-corrected chi connectivity index (χ0v) is 20.0. The fourth-order valence-electron chi connectivity index (χ4n) is 5.94. The molecule has 37 heavy (non-hydrogen) atoms. The minimum absolute atomic E-state index is 0.0644. The fraction of sp³-hybridized carbons (Fsp3) is 0. The standard InChI is InChI=1S/C32H21BN4/c1-2-9-22(10-3-1)23-16-17-30-31(21-23)36-29-15-7-5-12-25(29)24-11-4-6-14-27(24)33(36)37(30)32-26-13-8-19-34-28(26)18-20-35-32/h1-21H. The highest BCUT2D eigenvalue weighted by atomic mass is 15.3. The van der Waals surface area contributed by atoms with Gasteiger partial charge in [-0.25, -0.2) is 4.98 Å². The molecular formula is C32H21BN4. The lowest BCUT2D eigenvalue weighted by Crippen LogP contribution is -2.55. The Morgan fingerprint density at radius 2 is 1.32 bits per heavy atom. The summed E-state index contributed by atoms with van der Waals surface area (Å²) in [6, 6.07) is 41.0. The Bertz CT molecular complexity index is 1810. The molecule has 0 bridgehead atoms. The molecule has 0 amide bonds. The zero-order chi connectivity index (χ0) is 24.3. The van der Waals surface area contributed by atoms with Crippen molar-refractivity contribution in [1.29, 1.82) is 0 Å². The van der Waals surface area contributed by atoms with Crippen LogP contribution in [0.15, 0.2) is 128 Å². The maximum absolute atomic E-state index is 4.95. The lowest BCUT2D eigenvalue weighted by Gasteiger charge is -2.36. The number of para-hydroxylation sites is 1. The average Bonchev–Trinajstić information content (AvgIpc) is 3.32. The summed E-state index contributed by atoms with van der Waals surface area (Å²) in [5, 5.41) is 1.04. The molecule has 0 spiro atoms. The summed E-state index contributed by atoms with van der Waals surface area (Å²) in [5.74, 6) is 0.918. The van der Waals surface area contributed by atoms with Crippen LogP contribution in [0.4, 0.5) is 22.9 Å². The Morgan fingerprint density at radius 3 is 2.24 bits per heavy atom. The van der Waals surface area contributed by atoms with Crippen molar-refractivity contribution in [2.45, 2.75) is 0 Å². The minimum atomic E-state index is -0.0644. The average molecular weight is 472 g/mol. The fourth-order valence-corrected chi connectivity index (χ4v) is 5.94. The molecule has 2 aliphatic heterocycles. The Hall–Kier alpha value is -4.90. The Labute approximate surface area is 215 Å². The molecule has 0 radical (unpaired) electrons. The minimum Gasteiger partial charge on any atom is -0.359 e. The third-order valence-corrected chi connectivity index (χ3v) is 7.52. The largest absolute Gasteiger partial charge is 0.422 e. The highest BCUT2D eigenvalue weighted by molar-refractivity contribution is 6.86. The van der Waals surface area contributed by atoms with E-state index in [1.165, 1.54) is 39.1 Å². The van der Waals surface area contributed by atoms with Crippen molar-refractivity contribution in [3.8, 4) is 22.3 Å². The lowest BCUT2D eigenvalue weighted by atomic mass is 9.59. The lowest BCUT2D eigenvalue weighted by molar-refractivity contribution is 1.25. The molecule has 0 saturated carbocycles. The summed E-state index contributed by atoms with van der Waals surface area (Å²) >= 11 is 0. The van der Waals surface area contributed by atoms with Crippen LogP contribution in [0.2, 0.25) is 0 Å². The molecule has 4 heterocycles. The van der Waals surface area contributed by atoms with Gasteiger partial charge in [-0.05, 0) is 58.6 Å². The zero-order valence-electron chi connectivity index (χ0n) is 20.0. The number of pyridine rings is 2. The number of aromatic nitrogens is 2. The van der Waals surface area contributed by atoms with Crippen molar-refractivity contribution in [2.75, 3.05) is 9.62 Å². The number of anilines is 4. The molecule has 172 valence electrons. The molecule has 0 fully saturated rings. The topological polar surface area (TPSA) is 32.3 Å². The van der Waals surface area contributed by atoms with Crippen LogP contribution in [-0.4, -0.2) is 17.0 Å². The van der Waals surface area contributed by atoms with E-state index in [0.717, 1.165) is 22.4 Å². The van der Waals surface area contributed by atoms with Gasteiger partial charge in [0.25, 0.3) is 0 Å². The SMILES string of the molecule is c1ccc(-c2ccc3c(c2)N2B(c4ccccc4-c4ccccc42)N3c2nccc3ncccc23)cc1. The number of hydrogen-bond donors (Lipinski definition) is 0. The van der Waals surface area contributed by atoms with Crippen LogP contribution in [0.5, 0.6) is 0 Å². The molecule has 8 rings (SSSR count). The smallest absolute Gasteiger partial charge is 0.359 e. The first-order chi connectivity index (χ1) is 18.4. The summed E-state index contributed by atoms with van der Waals surface area (Å²) in [6.07, 6.45) is 3.71. The highest BCUT2D eigenvalue weighted by Crippen LogP contribution is 2.52. The summed E-state index contributed by atoms with van der Waals surface area (Å²) in [7, 11) is 0. The van der Waals surface area contributed by atoms with Crippen molar-refractivity contribution >= 4 is 46.2 Å². The molecule has 0 atom stereocenters. The van der Waals surface area contributed by atoms with Crippen LogP contribution in [0.1, 0.15) is 0 Å². The Balaban J connectivity index is 1.45. The van der Waals surface area contributed by atoms with Gasteiger partial charge in [-0.1, -0.05) is 78.9 Å². The van der Waals surface area contributed by atoms with Gasteiger partial charge in [0.2, 0.25) is 0 Å². The molecular weight excluding hydrogens is 451 g/mol. The molecule has 6 aromatic rings. The monoisotopic (exact) mass is 472 g/mol. The second-order valence-electron chi connectivity index (χ2n) is 9.49. The number of benzene rings is 4. The van der Waals surface area contributed by atoms with Crippen LogP contribution in [-0.2, 0) is 0 Å². The van der Waals surface area contributed by atoms with E-state index in [0.29, 0.717) is 0 Å². The van der Waals surface area contributed by atoms with Gasteiger partial charge in [-0.2, -0.15) is 0 Å². The van der Waals surface area contributed by atoms with Crippen molar-refractivity contribution < 1.29 is 0 Å². The second-order valence-corrected chi connectivity index (χ2v) is 9.49. The van der Waals surface area contributed by atoms with E-state index in [2.05, 4.69) is 118 Å². The van der Waals surface area contributed by atoms with Crippen molar-refractivity contribution in [3.05, 3.63) is 128 Å². The van der Waals surface area contributed by atoms with E-state index in [-0.39, 0.29) is 6.98 Å². The maximum Gasteiger partial charge on any atom is 0.422 e. The summed E-state index contributed by atoms with van der Waals surface area (Å²) in [5.41, 5.74) is 10.6. The highest BCUT2D eigenvalue weighted by Gasteiger charge is 2.48. The molecule has 2 aromatic heterocycles.